The quantitative estimate of drug-likeness (QED) is 0.868. The van der Waals surface area contributed by atoms with E-state index in [1.165, 1.54) is 0 Å². The molecule has 0 aliphatic rings. The zero-order chi connectivity index (χ0) is 15.4. The van der Waals surface area contributed by atoms with Crippen LogP contribution in [0.4, 0.5) is 0 Å². The summed E-state index contributed by atoms with van der Waals surface area (Å²) in [6.07, 6.45) is -0.561. The molecule has 0 aliphatic carbocycles. The molecule has 0 saturated carbocycles. The van der Waals surface area contributed by atoms with E-state index in [0.29, 0.717) is 12.4 Å². The summed E-state index contributed by atoms with van der Waals surface area (Å²) in [4.78, 5) is 0. The molecule has 2 rings (SSSR count). The Morgan fingerprint density at radius 3 is 2.62 bits per heavy atom. The topological polar surface area (TPSA) is 38.7 Å². The third-order valence-electron chi connectivity index (χ3n) is 3.26. The van der Waals surface area contributed by atoms with E-state index in [-0.39, 0.29) is 0 Å². The molecule has 3 nitrogen and oxygen atoms in total. The summed E-state index contributed by atoms with van der Waals surface area (Å²) in [6.45, 7) is 4.14. The Morgan fingerprint density at radius 1 is 1.19 bits per heavy atom. The van der Waals surface area contributed by atoms with E-state index in [0.717, 1.165) is 26.9 Å². The first kappa shape index (κ1) is 15.9. The number of hydrogen-bond acceptors (Lipinski definition) is 3. The van der Waals surface area contributed by atoms with Crippen molar-refractivity contribution >= 4 is 15.9 Å². The first-order chi connectivity index (χ1) is 10.0. The number of rotatable bonds is 5. The van der Waals surface area contributed by atoms with Crippen molar-refractivity contribution in [2.24, 2.45) is 0 Å². The van der Waals surface area contributed by atoms with Crippen LogP contribution in [0.5, 0.6) is 11.5 Å². The predicted molar refractivity (Wildman–Crippen MR) is 86.8 cm³/mol. The van der Waals surface area contributed by atoms with Crippen LogP contribution >= 0.6 is 15.9 Å². The van der Waals surface area contributed by atoms with Crippen LogP contribution < -0.4 is 9.47 Å². The molecule has 0 amide bonds. The van der Waals surface area contributed by atoms with Crippen molar-refractivity contribution in [2.45, 2.75) is 26.6 Å². The fourth-order valence-electron chi connectivity index (χ4n) is 2.06. The Bertz CT molecular complexity index is 623. The minimum atomic E-state index is -0.561. The zero-order valence-electron chi connectivity index (χ0n) is 12.4. The maximum Gasteiger partial charge on any atom is 0.125 e. The number of aliphatic hydroxyl groups excluding tert-OH is 1. The second kappa shape index (κ2) is 6.96. The molecule has 4 heteroatoms. The Hall–Kier alpha value is -1.52. The number of ether oxygens (including phenoxy) is 2. The van der Waals surface area contributed by atoms with Gasteiger partial charge >= 0.3 is 0 Å². The highest BCUT2D eigenvalue weighted by Gasteiger charge is 2.11. The normalized spacial score (nSPS) is 12.0. The highest BCUT2D eigenvalue weighted by Crippen LogP contribution is 2.29. The summed E-state index contributed by atoms with van der Waals surface area (Å²) in [5.74, 6) is 1.50. The molecule has 0 spiro atoms. The SMILES string of the molecule is COc1ccc(Br)c(COc2cc(C)ccc2[C@@H](C)O)c1. The lowest BCUT2D eigenvalue weighted by Crippen LogP contribution is -2.02. The van der Waals surface area contributed by atoms with Crippen LogP contribution in [0.25, 0.3) is 0 Å². The smallest absolute Gasteiger partial charge is 0.125 e. The summed E-state index contributed by atoms with van der Waals surface area (Å²) in [5, 5.41) is 9.82. The molecule has 0 radical (unpaired) electrons. The van der Waals surface area contributed by atoms with Gasteiger partial charge in [0.05, 0.1) is 13.2 Å². The first-order valence-corrected chi connectivity index (χ1v) is 7.54. The molecule has 0 bridgehead atoms. The molecular formula is C17H19BrO3. The molecule has 2 aromatic rings. The van der Waals surface area contributed by atoms with Gasteiger partial charge in [0.15, 0.2) is 0 Å². The number of benzene rings is 2. The molecule has 112 valence electrons. The predicted octanol–water partition coefficient (Wildman–Crippen LogP) is 4.40. The van der Waals surface area contributed by atoms with Crippen LogP contribution in [0.3, 0.4) is 0 Å². The van der Waals surface area contributed by atoms with Gasteiger partial charge in [-0.05, 0) is 43.7 Å². The van der Waals surface area contributed by atoms with E-state index in [2.05, 4.69) is 15.9 Å². The van der Waals surface area contributed by atoms with E-state index >= 15 is 0 Å². The average Bonchev–Trinajstić information content (AvgIpc) is 2.46. The Balaban J connectivity index is 2.22. The monoisotopic (exact) mass is 350 g/mol. The van der Waals surface area contributed by atoms with Crippen LogP contribution in [0.2, 0.25) is 0 Å². The lowest BCUT2D eigenvalue weighted by molar-refractivity contribution is 0.190. The fraction of sp³-hybridized carbons (Fsp3) is 0.294. The standard InChI is InChI=1S/C17H19BrO3/c1-11-4-6-15(12(2)19)17(8-11)21-10-13-9-14(20-3)5-7-16(13)18/h4-9,12,19H,10H2,1-3H3/t12-/m1/s1. The van der Waals surface area contributed by atoms with Gasteiger partial charge in [0.2, 0.25) is 0 Å². The van der Waals surface area contributed by atoms with Gasteiger partial charge in [-0.1, -0.05) is 28.1 Å². The van der Waals surface area contributed by atoms with Crippen molar-refractivity contribution in [3.8, 4) is 11.5 Å². The van der Waals surface area contributed by atoms with E-state index in [1.807, 2.05) is 43.3 Å². The number of methoxy groups -OCH3 is 1. The minimum absolute atomic E-state index is 0.404. The number of halogens is 1. The van der Waals surface area contributed by atoms with E-state index < -0.39 is 6.10 Å². The van der Waals surface area contributed by atoms with Crippen molar-refractivity contribution in [2.75, 3.05) is 7.11 Å². The van der Waals surface area contributed by atoms with Gasteiger partial charge in [-0.3, -0.25) is 0 Å². The maximum atomic E-state index is 9.82. The van der Waals surface area contributed by atoms with Crippen LogP contribution in [-0.4, -0.2) is 12.2 Å². The Morgan fingerprint density at radius 2 is 1.95 bits per heavy atom. The van der Waals surface area contributed by atoms with Crippen LogP contribution in [-0.2, 0) is 6.61 Å². The lowest BCUT2D eigenvalue weighted by atomic mass is 10.1. The Labute approximate surface area is 133 Å². The van der Waals surface area contributed by atoms with Gasteiger partial charge in [-0.15, -0.1) is 0 Å². The summed E-state index contributed by atoms with van der Waals surface area (Å²) >= 11 is 3.51. The van der Waals surface area contributed by atoms with Crippen LogP contribution in [0, 0.1) is 6.92 Å². The van der Waals surface area contributed by atoms with E-state index in [1.54, 1.807) is 14.0 Å². The summed E-state index contributed by atoms with van der Waals surface area (Å²) in [6, 6.07) is 11.6. The average molecular weight is 351 g/mol. The maximum absolute atomic E-state index is 9.82. The van der Waals surface area contributed by atoms with Crippen molar-refractivity contribution < 1.29 is 14.6 Å². The zero-order valence-corrected chi connectivity index (χ0v) is 14.0. The van der Waals surface area contributed by atoms with Crippen molar-refractivity contribution in [3.63, 3.8) is 0 Å². The first-order valence-electron chi connectivity index (χ1n) is 6.75. The van der Waals surface area contributed by atoms with Gasteiger partial charge in [0.25, 0.3) is 0 Å². The van der Waals surface area contributed by atoms with Crippen LogP contribution in [0.1, 0.15) is 29.7 Å². The third-order valence-corrected chi connectivity index (χ3v) is 4.03. The second-order valence-electron chi connectivity index (χ2n) is 4.96. The van der Waals surface area contributed by atoms with Crippen LogP contribution in [0.15, 0.2) is 40.9 Å². The van der Waals surface area contributed by atoms with Crippen molar-refractivity contribution in [3.05, 3.63) is 57.6 Å². The second-order valence-corrected chi connectivity index (χ2v) is 5.82. The van der Waals surface area contributed by atoms with Gasteiger partial charge in [-0.25, -0.2) is 0 Å². The third kappa shape index (κ3) is 3.99. The molecular weight excluding hydrogens is 332 g/mol. The molecule has 0 fully saturated rings. The largest absolute Gasteiger partial charge is 0.497 e. The van der Waals surface area contributed by atoms with E-state index in [4.69, 9.17) is 9.47 Å². The summed E-state index contributed by atoms with van der Waals surface area (Å²) in [5.41, 5.74) is 2.88. The molecule has 1 N–H and O–H groups in total. The summed E-state index contributed by atoms with van der Waals surface area (Å²) < 4.78 is 12.1. The lowest BCUT2D eigenvalue weighted by Gasteiger charge is -2.15. The van der Waals surface area contributed by atoms with Gasteiger partial charge < -0.3 is 14.6 Å². The molecule has 0 aromatic heterocycles. The highest BCUT2D eigenvalue weighted by molar-refractivity contribution is 9.10. The fourth-order valence-corrected chi connectivity index (χ4v) is 2.42. The number of aryl methyl sites for hydroxylation is 1. The number of aliphatic hydroxyl groups is 1. The van der Waals surface area contributed by atoms with Gasteiger partial charge in [0.1, 0.15) is 18.1 Å². The summed E-state index contributed by atoms with van der Waals surface area (Å²) in [7, 11) is 1.64. The molecule has 0 heterocycles. The molecule has 0 unspecified atom stereocenters. The molecule has 21 heavy (non-hydrogen) atoms. The van der Waals surface area contributed by atoms with Gasteiger partial charge in [-0.2, -0.15) is 0 Å². The minimum Gasteiger partial charge on any atom is -0.497 e. The van der Waals surface area contributed by atoms with Crippen molar-refractivity contribution in [1.29, 1.82) is 0 Å². The Kier molecular flexibility index (Phi) is 5.26. The molecule has 0 saturated heterocycles. The molecule has 2 aromatic carbocycles. The molecule has 0 aliphatic heterocycles. The number of hydrogen-bond donors (Lipinski definition) is 1. The molecule has 1 atom stereocenters. The van der Waals surface area contributed by atoms with E-state index in [9.17, 15) is 5.11 Å². The van der Waals surface area contributed by atoms with Gasteiger partial charge in [0, 0.05) is 15.6 Å². The highest BCUT2D eigenvalue weighted by atomic mass is 79.9. The van der Waals surface area contributed by atoms with Crippen molar-refractivity contribution in [1.82, 2.24) is 0 Å².